The van der Waals surface area contributed by atoms with Crippen molar-refractivity contribution in [1.29, 1.82) is 0 Å². The van der Waals surface area contributed by atoms with E-state index < -0.39 is 0 Å². The smallest absolute Gasteiger partial charge is 0.000923 e. The average molecular weight is 270 g/mol. The molecule has 0 aromatic rings. The van der Waals surface area contributed by atoms with Crippen LogP contribution in [0.1, 0.15) is 59.8 Å². The minimum Gasteiger partial charge on any atom is -0.103 e. The summed E-state index contributed by atoms with van der Waals surface area (Å²) >= 11 is 0. The maximum Gasteiger partial charge on any atom is -0.000923 e. The predicted octanol–water partition coefficient (Wildman–Crippen LogP) is 5.92. The molecule has 3 aliphatic carbocycles. The molecule has 0 heterocycles. The molecule has 2 unspecified atom stereocenters. The van der Waals surface area contributed by atoms with E-state index in [-0.39, 0.29) is 0 Å². The van der Waals surface area contributed by atoms with Crippen LogP contribution >= 0.6 is 0 Å². The maximum atomic E-state index is 4.06. The van der Waals surface area contributed by atoms with Crippen molar-refractivity contribution in [2.75, 3.05) is 0 Å². The number of fused-ring (bicyclic) bond motifs is 3. The number of rotatable bonds is 1. The Bertz CT molecular complexity index is 478. The van der Waals surface area contributed by atoms with Crippen molar-refractivity contribution in [3.8, 4) is 0 Å². The van der Waals surface area contributed by atoms with E-state index in [9.17, 15) is 0 Å². The van der Waals surface area contributed by atoms with Gasteiger partial charge in [-0.2, -0.15) is 0 Å². The zero-order chi connectivity index (χ0) is 14.6. The van der Waals surface area contributed by atoms with Crippen LogP contribution in [0.3, 0.4) is 0 Å². The summed E-state index contributed by atoms with van der Waals surface area (Å²) in [6.07, 6.45) is 16.4. The first-order chi connectivity index (χ1) is 9.31. The highest BCUT2D eigenvalue weighted by Gasteiger charge is 2.51. The SMILES string of the molecule is C=C[C@@]1(C)CC=C2C(C=CC3C(C)(C)CCC[C@@]23C)C1. The average Bonchev–Trinajstić information content (AvgIpc) is 2.37. The van der Waals surface area contributed by atoms with Crippen molar-refractivity contribution in [3.05, 3.63) is 36.5 Å². The molecule has 0 aliphatic heterocycles. The third-order valence-corrected chi connectivity index (χ3v) is 6.61. The number of allylic oxidation sites excluding steroid dienone is 5. The van der Waals surface area contributed by atoms with Gasteiger partial charge in [-0.15, -0.1) is 6.58 Å². The van der Waals surface area contributed by atoms with Gasteiger partial charge in [0.2, 0.25) is 0 Å². The lowest BCUT2D eigenvalue weighted by Gasteiger charge is -2.56. The van der Waals surface area contributed by atoms with Crippen LogP contribution < -0.4 is 0 Å². The maximum absolute atomic E-state index is 4.06. The van der Waals surface area contributed by atoms with Gasteiger partial charge in [0.15, 0.2) is 0 Å². The van der Waals surface area contributed by atoms with E-state index in [0.717, 1.165) is 5.92 Å². The Kier molecular flexibility index (Phi) is 3.09. The van der Waals surface area contributed by atoms with Crippen molar-refractivity contribution >= 4 is 0 Å². The van der Waals surface area contributed by atoms with Crippen LogP contribution in [-0.4, -0.2) is 0 Å². The highest BCUT2D eigenvalue weighted by molar-refractivity contribution is 5.34. The van der Waals surface area contributed by atoms with Gasteiger partial charge in [-0.05, 0) is 53.8 Å². The second-order valence-electron chi connectivity index (χ2n) is 8.65. The van der Waals surface area contributed by atoms with Crippen LogP contribution in [0.4, 0.5) is 0 Å². The van der Waals surface area contributed by atoms with Gasteiger partial charge >= 0.3 is 0 Å². The zero-order valence-corrected chi connectivity index (χ0v) is 13.7. The molecule has 0 N–H and O–H groups in total. The van der Waals surface area contributed by atoms with Crippen molar-refractivity contribution in [1.82, 2.24) is 0 Å². The molecule has 1 saturated carbocycles. The van der Waals surface area contributed by atoms with E-state index >= 15 is 0 Å². The molecule has 0 amide bonds. The molecule has 0 nitrogen and oxygen atoms in total. The third-order valence-electron chi connectivity index (χ3n) is 6.61. The van der Waals surface area contributed by atoms with E-state index in [1.54, 1.807) is 5.57 Å². The van der Waals surface area contributed by atoms with E-state index in [0.29, 0.717) is 22.2 Å². The van der Waals surface area contributed by atoms with Crippen LogP contribution in [0.5, 0.6) is 0 Å². The topological polar surface area (TPSA) is 0 Å². The van der Waals surface area contributed by atoms with Gasteiger partial charge in [0, 0.05) is 0 Å². The quantitative estimate of drug-likeness (QED) is 0.519. The monoisotopic (exact) mass is 270 g/mol. The van der Waals surface area contributed by atoms with Crippen molar-refractivity contribution < 1.29 is 0 Å². The first-order valence-corrected chi connectivity index (χ1v) is 8.33. The molecule has 3 rings (SSSR count). The molecular weight excluding hydrogens is 240 g/mol. The standard InChI is InChI=1S/C20H30/c1-6-19(4)13-10-16-15(14-19)8-9-17-18(2,3)11-7-12-20(16,17)5/h6,8-10,15,17H,1,7,11-14H2,2-5H3/t15?,17?,19-,20-/m0/s1. The summed E-state index contributed by atoms with van der Waals surface area (Å²) in [7, 11) is 0. The van der Waals surface area contributed by atoms with Gasteiger partial charge in [0.05, 0.1) is 0 Å². The summed E-state index contributed by atoms with van der Waals surface area (Å²) in [4.78, 5) is 0. The van der Waals surface area contributed by atoms with E-state index in [2.05, 4.69) is 58.6 Å². The fraction of sp³-hybridized carbons (Fsp3) is 0.700. The summed E-state index contributed by atoms with van der Waals surface area (Å²) in [5.74, 6) is 1.38. The van der Waals surface area contributed by atoms with Gasteiger partial charge < -0.3 is 0 Å². The number of hydrogen-bond acceptors (Lipinski definition) is 0. The largest absolute Gasteiger partial charge is 0.103 e. The van der Waals surface area contributed by atoms with Crippen LogP contribution in [0, 0.1) is 28.1 Å². The van der Waals surface area contributed by atoms with Gasteiger partial charge in [0.1, 0.15) is 0 Å². The van der Waals surface area contributed by atoms with Gasteiger partial charge in [0.25, 0.3) is 0 Å². The Labute approximate surface area is 125 Å². The molecule has 3 aliphatic rings. The lowest BCUT2D eigenvalue weighted by molar-refractivity contribution is 0.0456. The van der Waals surface area contributed by atoms with Crippen LogP contribution in [0.25, 0.3) is 0 Å². The lowest BCUT2D eigenvalue weighted by Crippen LogP contribution is -2.46. The Morgan fingerprint density at radius 3 is 2.60 bits per heavy atom. The molecule has 0 spiro atoms. The molecule has 20 heavy (non-hydrogen) atoms. The summed E-state index contributed by atoms with van der Waals surface area (Å²) in [6, 6.07) is 0. The lowest BCUT2D eigenvalue weighted by atomic mass is 9.48. The highest BCUT2D eigenvalue weighted by atomic mass is 14.6. The summed E-state index contributed by atoms with van der Waals surface area (Å²) in [5.41, 5.74) is 2.90. The minimum atomic E-state index is 0.298. The fourth-order valence-corrected chi connectivity index (χ4v) is 5.31. The third kappa shape index (κ3) is 1.95. The van der Waals surface area contributed by atoms with Crippen LogP contribution in [0.2, 0.25) is 0 Å². The minimum absolute atomic E-state index is 0.298. The molecule has 0 aromatic carbocycles. The second kappa shape index (κ2) is 4.36. The normalized spacial score (nSPS) is 46.1. The molecule has 110 valence electrons. The van der Waals surface area contributed by atoms with E-state index in [1.807, 2.05) is 0 Å². The summed E-state index contributed by atoms with van der Waals surface area (Å²) < 4.78 is 0. The van der Waals surface area contributed by atoms with Crippen molar-refractivity contribution in [3.63, 3.8) is 0 Å². The van der Waals surface area contributed by atoms with E-state index in [1.165, 1.54) is 32.1 Å². The summed E-state index contributed by atoms with van der Waals surface area (Å²) in [6.45, 7) is 13.9. The molecule has 1 fully saturated rings. The molecule has 4 atom stereocenters. The molecular formula is C20H30. The summed E-state index contributed by atoms with van der Waals surface area (Å²) in [5, 5.41) is 0. The first kappa shape index (κ1) is 14.2. The molecule has 0 radical (unpaired) electrons. The Morgan fingerprint density at radius 2 is 1.90 bits per heavy atom. The first-order valence-electron chi connectivity index (χ1n) is 8.33. The molecule has 0 aromatic heterocycles. The molecule has 0 heteroatoms. The van der Waals surface area contributed by atoms with Gasteiger partial charge in [-0.1, -0.05) is 64.0 Å². The van der Waals surface area contributed by atoms with Crippen molar-refractivity contribution in [2.24, 2.45) is 28.1 Å². The zero-order valence-electron chi connectivity index (χ0n) is 13.7. The second-order valence-corrected chi connectivity index (χ2v) is 8.65. The van der Waals surface area contributed by atoms with Crippen molar-refractivity contribution in [2.45, 2.75) is 59.8 Å². The Balaban J connectivity index is 2.01. The molecule has 0 bridgehead atoms. The number of hydrogen-bond donors (Lipinski definition) is 0. The predicted molar refractivity (Wildman–Crippen MR) is 87.5 cm³/mol. The Hall–Kier alpha value is -0.780. The van der Waals surface area contributed by atoms with Gasteiger partial charge in [-0.3, -0.25) is 0 Å². The molecule has 0 saturated heterocycles. The highest BCUT2D eigenvalue weighted by Crippen LogP contribution is 2.61. The van der Waals surface area contributed by atoms with Crippen LogP contribution in [0.15, 0.2) is 36.5 Å². The van der Waals surface area contributed by atoms with Gasteiger partial charge in [-0.25, -0.2) is 0 Å². The van der Waals surface area contributed by atoms with Crippen LogP contribution in [-0.2, 0) is 0 Å². The Morgan fingerprint density at radius 1 is 1.15 bits per heavy atom. The fourth-order valence-electron chi connectivity index (χ4n) is 5.31. The van der Waals surface area contributed by atoms with E-state index in [4.69, 9.17) is 0 Å².